The van der Waals surface area contributed by atoms with Crippen LogP contribution in [-0.2, 0) is 21.2 Å². The summed E-state index contributed by atoms with van der Waals surface area (Å²) in [4.78, 5) is 12.5. The number of sulfonamides is 1. The summed E-state index contributed by atoms with van der Waals surface area (Å²) in [6, 6.07) is 18.8. The first-order chi connectivity index (χ1) is 14.3. The lowest BCUT2D eigenvalue weighted by Gasteiger charge is -2.13. The SMILES string of the molecule is COc1ccc(NS(=O)(=O)c2cc(NC(=O)Cc3ccc(Br)cc3)ccc2C)cc1. The maximum Gasteiger partial charge on any atom is 0.262 e. The highest BCUT2D eigenvalue weighted by atomic mass is 79.9. The van der Waals surface area contributed by atoms with Crippen molar-refractivity contribution in [1.82, 2.24) is 0 Å². The van der Waals surface area contributed by atoms with Crippen LogP contribution in [0.25, 0.3) is 0 Å². The summed E-state index contributed by atoms with van der Waals surface area (Å²) in [5.41, 5.74) is 2.26. The molecule has 0 aromatic heterocycles. The molecule has 0 spiro atoms. The molecule has 3 rings (SSSR count). The summed E-state index contributed by atoms with van der Waals surface area (Å²) in [6.07, 6.45) is 0.188. The van der Waals surface area contributed by atoms with Crippen molar-refractivity contribution < 1.29 is 17.9 Å². The fourth-order valence-electron chi connectivity index (χ4n) is 2.83. The second-order valence-electron chi connectivity index (χ2n) is 6.67. The molecule has 8 heteroatoms. The molecule has 0 aliphatic rings. The van der Waals surface area contributed by atoms with E-state index >= 15 is 0 Å². The molecule has 0 fully saturated rings. The third kappa shape index (κ3) is 5.61. The van der Waals surface area contributed by atoms with E-state index in [4.69, 9.17) is 4.74 Å². The van der Waals surface area contributed by atoms with Gasteiger partial charge in [-0.05, 0) is 66.6 Å². The number of nitrogens with one attached hydrogen (secondary N) is 2. The molecule has 0 saturated heterocycles. The number of amides is 1. The zero-order valence-electron chi connectivity index (χ0n) is 16.5. The van der Waals surface area contributed by atoms with Gasteiger partial charge in [-0.2, -0.15) is 0 Å². The second-order valence-corrected chi connectivity index (χ2v) is 9.23. The van der Waals surface area contributed by atoms with E-state index in [0.29, 0.717) is 22.7 Å². The lowest BCUT2D eigenvalue weighted by molar-refractivity contribution is -0.115. The van der Waals surface area contributed by atoms with Gasteiger partial charge in [-0.25, -0.2) is 8.42 Å². The van der Waals surface area contributed by atoms with Gasteiger partial charge in [-0.3, -0.25) is 9.52 Å². The Bertz CT molecular complexity index is 1140. The molecular formula is C22H21BrN2O4S. The van der Waals surface area contributed by atoms with Gasteiger partial charge in [0.25, 0.3) is 10.0 Å². The van der Waals surface area contributed by atoms with E-state index in [-0.39, 0.29) is 17.2 Å². The Balaban J connectivity index is 1.76. The van der Waals surface area contributed by atoms with E-state index < -0.39 is 10.0 Å². The van der Waals surface area contributed by atoms with E-state index in [1.54, 1.807) is 50.4 Å². The van der Waals surface area contributed by atoms with Crippen molar-refractivity contribution in [2.24, 2.45) is 0 Å². The van der Waals surface area contributed by atoms with E-state index in [9.17, 15) is 13.2 Å². The average Bonchev–Trinajstić information content (AvgIpc) is 2.71. The van der Waals surface area contributed by atoms with Gasteiger partial charge in [0, 0.05) is 15.8 Å². The van der Waals surface area contributed by atoms with Crippen LogP contribution in [0.3, 0.4) is 0 Å². The van der Waals surface area contributed by atoms with Gasteiger partial charge in [0.2, 0.25) is 5.91 Å². The van der Waals surface area contributed by atoms with Crippen molar-refractivity contribution in [3.63, 3.8) is 0 Å². The Labute approximate surface area is 184 Å². The quantitative estimate of drug-likeness (QED) is 0.502. The lowest BCUT2D eigenvalue weighted by atomic mass is 10.1. The molecule has 0 aliphatic heterocycles. The highest BCUT2D eigenvalue weighted by Crippen LogP contribution is 2.24. The Morgan fingerprint density at radius 3 is 2.23 bits per heavy atom. The van der Waals surface area contributed by atoms with Crippen LogP contribution in [0.4, 0.5) is 11.4 Å². The summed E-state index contributed by atoms with van der Waals surface area (Å²) < 4.78 is 34.3. The fraction of sp³-hybridized carbons (Fsp3) is 0.136. The molecule has 0 saturated carbocycles. The predicted molar refractivity (Wildman–Crippen MR) is 121 cm³/mol. The normalized spacial score (nSPS) is 11.0. The van der Waals surface area contributed by atoms with Crippen LogP contribution >= 0.6 is 15.9 Å². The molecular weight excluding hydrogens is 468 g/mol. The zero-order valence-corrected chi connectivity index (χ0v) is 18.9. The van der Waals surface area contributed by atoms with Gasteiger partial charge in [0.15, 0.2) is 0 Å². The first-order valence-electron chi connectivity index (χ1n) is 9.08. The number of carbonyl (C=O) groups excluding carboxylic acids is 1. The number of anilines is 2. The van der Waals surface area contributed by atoms with Crippen molar-refractivity contribution in [2.75, 3.05) is 17.1 Å². The summed E-state index contributed by atoms with van der Waals surface area (Å²) in [6.45, 7) is 1.70. The van der Waals surface area contributed by atoms with Gasteiger partial charge in [0.1, 0.15) is 5.75 Å². The van der Waals surface area contributed by atoms with Gasteiger partial charge in [0.05, 0.1) is 18.4 Å². The molecule has 0 atom stereocenters. The van der Waals surface area contributed by atoms with Crippen LogP contribution in [0, 0.1) is 6.92 Å². The number of halogens is 1. The number of hydrogen-bond acceptors (Lipinski definition) is 4. The van der Waals surface area contributed by atoms with Crippen LogP contribution in [0.1, 0.15) is 11.1 Å². The third-order valence-electron chi connectivity index (χ3n) is 4.38. The van der Waals surface area contributed by atoms with Crippen molar-refractivity contribution in [3.8, 4) is 5.75 Å². The predicted octanol–water partition coefficient (Wildman–Crippen LogP) is 4.75. The Hall–Kier alpha value is -2.84. The Kier molecular flexibility index (Phi) is 6.79. The zero-order chi connectivity index (χ0) is 21.7. The fourth-order valence-corrected chi connectivity index (χ4v) is 4.42. The summed E-state index contributed by atoms with van der Waals surface area (Å²) in [5.74, 6) is 0.400. The average molecular weight is 489 g/mol. The monoisotopic (exact) mass is 488 g/mol. The van der Waals surface area contributed by atoms with E-state index in [0.717, 1.165) is 10.0 Å². The van der Waals surface area contributed by atoms with Crippen LogP contribution in [0.5, 0.6) is 5.75 Å². The molecule has 0 bridgehead atoms. The molecule has 156 valence electrons. The molecule has 2 N–H and O–H groups in total. The van der Waals surface area contributed by atoms with E-state index in [1.807, 2.05) is 24.3 Å². The van der Waals surface area contributed by atoms with Gasteiger partial charge >= 0.3 is 0 Å². The molecule has 0 radical (unpaired) electrons. The van der Waals surface area contributed by atoms with Crippen molar-refractivity contribution >= 4 is 43.2 Å². The van der Waals surface area contributed by atoms with Gasteiger partial charge < -0.3 is 10.1 Å². The number of carbonyl (C=O) groups is 1. The number of methoxy groups -OCH3 is 1. The summed E-state index contributed by atoms with van der Waals surface area (Å²) in [5, 5.41) is 2.76. The Morgan fingerprint density at radius 2 is 1.60 bits per heavy atom. The molecule has 3 aromatic carbocycles. The highest BCUT2D eigenvalue weighted by molar-refractivity contribution is 9.10. The molecule has 6 nitrogen and oxygen atoms in total. The minimum Gasteiger partial charge on any atom is -0.497 e. The largest absolute Gasteiger partial charge is 0.497 e. The van der Waals surface area contributed by atoms with Crippen LogP contribution < -0.4 is 14.8 Å². The molecule has 0 aliphatic carbocycles. The minimum absolute atomic E-state index is 0.0970. The number of hydrogen-bond donors (Lipinski definition) is 2. The van der Waals surface area contributed by atoms with Crippen LogP contribution in [-0.4, -0.2) is 21.4 Å². The Morgan fingerprint density at radius 1 is 0.967 bits per heavy atom. The highest BCUT2D eigenvalue weighted by Gasteiger charge is 2.18. The smallest absolute Gasteiger partial charge is 0.262 e. The summed E-state index contributed by atoms with van der Waals surface area (Å²) >= 11 is 3.36. The van der Waals surface area contributed by atoms with Gasteiger partial charge in [-0.15, -0.1) is 0 Å². The maximum absolute atomic E-state index is 12.9. The topological polar surface area (TPSA) is 84.5 Å². The second kappa shape index (κ2) is 9.32. The van der Waals surface area contributed by atoms with Crippen LogP contribution in [0.15, 0.2) is 76.1 Å². The first kappa shape index (κ1) is 21.9. The number of ether oxygens (including phenoxy) is 1. The van der Waals surface area contributed by atoms with Crippen molar-refractivity contribution in [3.05, 3.63) is 82.3 Å². The molecule has 1 amide bonds. The summed E-state index contributed by atoms with van der Waals surface area (Å²) in [7, 11) is -2.29. The standard InChI is InChI=1S/C22H21BrN2O4S/c1-15-3-8-19(24-22(26)13-16-4-6-17(23)7-5-16)14-21(15)30(27,28)25-18-9-11-20(29-2)12-10-18/h3-12,14,25H,13H2,1-2H3,(H,24,26). The lowest BCUT2D eigenvalue weighted by Crippen LogP contribution is -2.17. The number of rotatable bonds is 7. The minimum atomic E-state index is -3.83. The molecule has 3 aromatic rings. The van der Waals surface area contributed by atoms with Crippen molar-refractivity contribution in [2.45, 2.75) is 18.2 Å². The number of aryl methyl sites for hydroxylation is 1. The van der Waals surface area contributed by atoms with Gasteiger partial charge in [-0.1, -0.05) is 34.1 Å². The van der Waals surface area contributed by atoms with Crippen LogP contribution in [0.2, 0.25) is 0 Å². The maximum atomic E-state index is 12.9. The third-order valence-corrected chi connectivity index (χ3v) is 6.43. The molecule has 30 heavy (non-hydrogen) atoms. The van der Waals surface area contributed by atoms with E-state index in [1.165, 1.54) is 6.07 Å². The van der Waals surface area contributed by atoms with E-state index in [2.05, 4.69) is 26.0 Å². The number of benzene rings is 3. The molecule has 0 unspecified atom stereocenters. The first-order valence-corrected chi connectivity index (χ1v) is 11.4. The molecule has 0 heterocycles. The van der Waals surface area contributed by atoms with Crippen molar-refractivity contribution in [1.29, 1.82) is 0 Å².